The summed E-state index contributed by atoms with van der Waals surface area (Å²) in [5.41, 5.74) is 4.39. The van der Waals surface area contributed by atoms with Gasteiger partial charge in [0.1, 0.15) is 12.3 Å². The Morgan fingerprint density at radius 2 is 1.71 bits per heavy atom. The van der Waals surface area contributed by atoms with Gasteiger partial charge in [-0.3, -0.25) is 9.10 Å². The smallest absolute Gasteiger partial charge is 0.241 e. The number of carbonyl (C=O) groups is 1. The molecule has 2 rings (SSSR count). The summed E-state index contributed by atoms with van der Waals surface area (Å²) in [7, 11) is -2.22. The Hall–Kier alpha value is -2.54. The second kappa shape index (κ2) is 8.65. The first-order valence-corrected chi connectivity index (χ1v) is 10.9. The maximum Gasteiger partial charge on any atom is 0.241 e. The van der Waals surface area contributed by atoms with Crippen LogP contribution in [0.25, 0.3) is 0 Å². The summed E-state index contributed by atoms with van der Waals surface area (Å²) >= 11 is 0. The monoisotopic (exact) mass is 404 g/mol. The third-order valence-corrected chi connectivity index (χ3v) is 5.70. The first-order valence-electron chi connectivity index (χ1n) is 9.01. The molecule has 0 aliphatic carbocycles. The summed E-state index contributed by atoms with van der Waals surface area (Å²) in [5.74, 6) is 0.00814. The number of carbonyl (C=O) groups excluding carboxylic acids is 1. The molecular weight excluding hydrogens is 376 g/mol. The molecule has 1 atom stereocenters. The topological polar surface area (TPSA) is 75.7 Å². The van der Waals surface area contributed by atoms with Gasteiger partial charge >= 0.3 is 0 Å². The van der Waals surface area contributed by atoms with Crippen LogP contribution in [-0.2, 0) is 14.8 Å². The molecule has 1 amide bonds. The molecule has 7 heteroatoms. The van der Waals surface area contributed by atoms with Crippen molar-refractivity contribution in [2.45, 2.75) is 33.7 Å². The highest BCUT2D eigenvalue weighted by Gasteiger charge is 2.25. The number of hydrogen-bond acceptors (Lipinski definition) is 4. The molecule has 0 spiro atoms. The van der Waals surface area contributed by atoms with Crippen molar-refractivity contribution in [2.24, 2.45) is 0 Å². The lowest BCUT2D eigenvalue weighted by molar-refractivity contribution is -0.120. The van der Waals surface area contributed by atoms with Gasteiger partial charge in [0.25, 0.3) is 0 Å². The zero-order valence-electron chi connectivity index (χ0n) is 17.2. The number of benzene rings is 2. The van der Waals surface area contributed by atoms with E-state index in [0.29, 0.717) is 11.4 Å². The van der Waals surface area contributed by atoms with Crippen molar-refractivity contribution in [3.8, 4) is 5.75 Å². The van der Waals surface area contributed by atoms with Gasteiger partial charge in [-0.25, -0.2) is 8.42 Å². The third kappa shape index (κ3) is 5.25. The van der Waals surface area contributed by atoms with E-state index in [9.17, 15) is 13.2 Å². The molecule has 2 aromatic carbocycles. The van der Waals surface area contributed by atoms with Gasteiger partial charge in [0, 0.05) is 0 Å². The van der Waals surface area contributed by atoms with Crippen LogP contribution in [0, 0.1) is 20.8 Å². The lowest BCUT2D eigenvalue weighted by atomic mass is 10.00. The minimum absolute atomic E-state index is 0.242. The van der Waals surface area contributed by atoms with E-state index in [1.807, 2.05) is 52.0 Å². The van der Waals surface area contributed by atoms with Gasteiger partial charge in [0.05, 0.1) is 25.1 Å². The molecule has 0 bridgehead atoms. The van der Waals surface area contributed by atoms with Crippen molar-refractivity contribution in [1.29, 1.82) is 0 Å². The molecule has 152 valence electrons. The van der Waals surface area contributed by atoms with Crippen molar-refractivity contribution in [3.63, 3.8) is 0 Å². The van der Waals surface area contributed by atoms with Crippen LogP contribution in [0.4, 0.5) is 5.69 Å². The fourth-order valence-electron chi connectivity index (χ4n) is 3.10. The summed E-state index contributed by atoms with van der Waals surface area (Å²) in [6.07, 6.45) is 1.08. The molecule has 0 aliphatic heterocycles. The zero-order valence-corrected chi connectivity index (χ0v) is 18.1. The number of aryl methyl sites for hydroxylation is 3. The predicted molar refractivity (Wildman–Crippen MR) is 112 cm³/mol. The largest absolute Gasteiger partial charge is 0.495 e. The van der Waals surface area contributed by atoms with Crippen LogP contribution in [0.5, 0.6) is 5.75 Å². The van der Waals surface area contributed by atoms with E-state index >= 15 is 0 Å². The maximum atomic E-state index is 12.7. The van der Waals surface area contributed by atoms with Crippen LogP contribution in [0.3, 0.4) is 0 Å². The van der Waals surface area contributed by atoms with Gasteiger partial charge in [0.15, 0.2) is 0 Å². The normalized spacial score (nSPS) is 12.4. The maximum absolute atomic E-state index is 12.7. The Bertz CT molecular complexity index is 970. The lowest BCUT2D eigenvalue weighted by Crippen LogP contribution is -2.41. The van der Waals surface area contributed by atoms with Gasteiger partial charge in [-0.15, -0.1) is 0 Å². The standard InChI is InChI=1S/C21H28N2O4S/c1-14-7-9-16(3)18(11-14)17(4)22-21(24)13-23(28(6,25)26)19-12-15(2)8-10-20(19)27-5/h7-12,17H,13H2,1-6H3,(H,22,24)/t17-/m0/s1. The van der Waals surface area contributed by atoms with E-state index in [0.717, 1.165) is 32.8 Å². The van der Waals surface area contributed by atoms with Crippen molar-refractivity contribution >= 4 is 21.6 Å². The summed E-state index contributed by atoms with van der Waals surface area (Å²) in [5, 5.41) is 2.90. The summed E-state index contributed by atoms with van der Waals surface area (Å²) in [4.78, 5) is 12.7. The number of hydrogen-bond donors (Lipinski definition) is 1. The first-order chi connectivity index (χ1) is 13.0. The van der Waals surface area contributed by atoms with Crippen molar-refractivity contribution < 1.29 is 17.9 Å². The molecule has 0 radical (unpaired) electrons. The van der Waals surface area contributed by atoms with Gasteiger partial charge in [-0.1, -0.05) is 29.8 Å². The minimum Gasteiger partial charge on any atom is -0.495 e. The van der Waals surface area contributed by atoms with Crippen LogP contribution in [0.1, 0.15) is 35.2 Å². The molecule has 2 aromatic rings. The molecule has 0 heterocycles. The predicted octanol–water partition coefficient (Wildman–Crippen LogP) is 3.26. The van der Waals surface area contributed by atoms with Crippen LogP contribution in [0.15, 0.2) is 36.4 Å². The van der Waals surface area contributed by atoms with Crippen LogP contribution in [-0.4, -0.2) is 34.2 Å². The zero-order chi connectivity index (χ0) is 21.1. The molecule has 6 nitrogen and oxygen atoms in total. The van der Waals surface area contributed by atoms with Crippen LogP contribution < -0.4 is 14.4 Å². The first kappa shape index (κ1) is 21.8. The average Bonchev–Trinajstić information content (AvgIpc) is 2.60. The van der Waals surface area contributed by atoms with Gasteiger partial charge in [-0.2, -0.15) is 0 Å². The van der Waals surface area contributed by atoms with Crippen molar-refractivity contribution in [3.05, 3.63) is 58.7 Å². The van der Waals surface area contributed by atoms with E-state index < -0.39 is 10.0 Å². The van der Waals surface area contributed by atoms with E-state index in [4.69, 9.17) is 4.74 Å². The van der Waals surface area contributed by atoms with Gasteiger partial charge in [0.2, 0.25) is 15.9 Å². The molecule has 0 unspecified atom stereocenters. The van der Waals surface area contributed by atoms with E-state index in [2.05, 4.69) is 5.32 Å². The van der Waals surface area contributed by atoms with E-state index in [1.54, 1.807) is 12.1 Å². The SMILES string of the molecule is COc1ccc(C)cc1N(CC(=O)N[C@@H](C)c1cc(C)ccc1C)S(C)(=O)=O. The number of ether oxygens (including phenoxy) is 1. The highest BCUT2D eigenvalue weighted by Crippen LogP contribution is 2.31. The third-order valence-electron chi connectivity index (χ3n) is 4.57. The van der Waals surface area contributed by atoms with E-state index in [1.165, 1.54) is 7.11 Å². The van der Waals surface area contributed by atoms with Crippen LogP contribution >= 0.6 is 0 Å². The molecule has 0 saturated carbocycles. The Kier molecular flexibility index (Phi) is 6.72. The fraction of sp³-hybridized carbons (Fsp3) is 0.381. The summed E-state index contributed by atoms with van der Waals surface area (Å²) < 4.78 is 31.2. The number of amides is 1. The van der Waals surface area contributed by atoms with E-state index in [-0.39, 0.29) is 18.5 Å². The number of nitrogens with one attached hydrogen (secondary N) is 1. The molecular formula is C21H28N2O4S. The van der Waals surface area contributed by atoms with Gasteiger partial charge in [-0.05, 0) is 56.5 Å². The quantitative estimate of drug-likeness (QED) is 0.769. The molecule has 0 fully saturated rings. The summed E-state index contributed by atoms with van der Waals surface area (Å²) in [6, 6.07) is 11.0. The fourth-order valence-corrected chi connectivity index (χ4v) is 3.95. The molecule has 0 aromatic heterocycles. The van der Waals surface area contributed by atoms with Crippen molar-refractivity contribution in [1.82, 2.24) is 5.32 Å². The Morgan fingerprint density at radius 1 is 1.11 bits per heavy atom. The summed E-state index contributed by atoms with van der Waals surface area (Å²) in [6.45, 7) is 7.39. The number of methoxy groups -OCH3 is 1. The number of rotatable bonds is 7. The second-order valence-electron chi connectivity index (χ2n) is 7.09. The Morgan fingerprint density at radius 3 is 2.32 bits per heavy atom. The molecule has 28 heavy (non-hydrogen) atoms. The number of sulfonamides is 1. The molecule has 0 saturated heterocycles. The Labute approximate surface area is 167 Å². The molecule has 0 aliphatic rings. The molecule has 1 N–H and O–H groups in total. The highest BCUT2D eigenvalue weighted by atomic mass is 32.2. The number of anilines is 1. The minimum atomic E-state index is -3.69. The average molecular weight is 405 g/mol. The lowest BCUT2D eigenvalue weighted by Gasteiger charge is -2.25. The van der Waals surface area contributed by atoms with Crippen molar-refractivity contribution in [2.75, 3.05) is 24.2 Å². The number of nitrogens with zero attached hydrogens (tertiary/aromatic N) is 1. The second-order valence-corrected chi connectivity index (χ2v) is 9.00. The van der Waals surface area contributed by atoms with Gasteiger partial charge < -0.3 is 10.1 Å². The Balaban J connectivity index is 2.27. The highest BCUT2D eigenvalue weighted by molar-refractivity contribution is 7.92. The van der Waals surface area contributed by atoms with Crippen LogP contribution in [0.2, 0.25) is 0 Å².